The highest BCUT2D eigenvalue weighted by molar-refractivity contribution is 9.10. The lowest BCUT2D eigenvalue weighted by molar-refractivity contribution is -0.123. The highest BCUT2D eigenvalue weighted by Crippen LogP contribution is 2.21. The molecule has 0 aliphatic carbocycles. The molecule has 94 valence electrons. The predicted molar refractivity (Wildman–Crippen MR) is 70.3 cm³/mol. The third kappa shape index (κ3) is 3.89. The van der Waals surface area contributed by atoms with Crippen LogP contribution in [0.4, 0.5) is 4.39 Å². The second-order valence-electron chi connectivity index (χ2n) is 4.50. The van der Waals surface area contributed by atoms with Gasteiger partial charge in [0.2, 0.25) is 0 Å². The fraction of sp³-hybridized carbons (Fsp3) is 0.462. The predicted octanol–water partition coefficient (Wildman–Crippen LogP) is 3.22. The molecule has 17 heavy (non-hydrogen) atoms. The van der Waals surface area contributed by atoms with E-state index in [9.17, 15) is 9.18 Å². The van der Waals surface area contributed by atoms with Crippen LogP contribution in [-0.2, 0) is 11.2 Å². The normalized spacial score (nSPS) is 14.4. The Hall–Kier alpha value is -0.740. The number of carbonyl (C=O) groups excluding carboxylic acids is 1. The zero-order chi connectivity index (χ0) is 13.1. The van der Waals surface area contributed by atoms with Crippen LogP contribution in [0, 0.1) is 5.82 Å². The minimum atomic E-state index is -0.803. The Labute approximate surface area is 110 Å². The number of hydrogen-bond donors (Lipinski definition) is 1. The minimum Gasteiger partial charge on any atom is -0.319 e. The maximum absolute atomic E-state index is 12.9. The Kier molecular flexibility index (Phi) is 4.83. The Morgan fingerprint density at radius 1 is 1.53 bits per heavy atom. The number of nitrogens with two attached hydrogens (primary N) is 1. The molecule has 0 saturated heterocycles. The maximum atomic E-state index is 12.9. The number of carbonyl (C=O) groups is 1. The summed E-state index contributed by atoms with van der Waals surface area (Å²) in [5, 5.41) is 0. The van der Waals surface area contributed by atoms with E-state index in [2.05, 4.69) is 15.9 Å². The summed E-state index contributed by atoms with van der Waals surface area (Å²) in [7, 11) is 0. The van der Waals surface area contributed by atoms with E-state index in [4.69, 9.17) is 5.73 Å². The van der Waals surface area contributed by atoms with Crippen molar-refractivity contribution in [3.8, 4) is 0 Å². The fourth-order valence-corrected chi connectivity index (χ4v) is 2.19. The Morgan fingerprint density at radius 3 is 2.71 bits per heavy atom. The summed E-state index contributed by atoms with van der Waals surface area (Å²) in [4.78, 5) is 12.0. The van der Waals surface area contributed by atoms with E-state index in [1.165, 1.54) is 12.1 Å². The second-order valence-corrected chi connectivity index (χ2v) is 5.36. The maximum Gasteiger partial charge on any atom is 0.156 e. The molecule has 0 saturated carbocycles. The average Bonchev–Trinajstić information content (AvgIpc) is 2.22. The molecule has 1 unspecified atom stereocenters. The van der Waals surface area contributed by atoms with E-state index in [1.54, 1.807) is 13.0 Å². The van der Waals surface area contributed by atoms with Gasteiger partial charge < -0.3 is 5.73 Å². The van der Waals surface area contributed by atoms with Gasteiger partial charge in [-0.3, -0.25) is 4.79 Å². The molecule has 0 fully saturated rings. The van der Waals surface area contributed by atoms with Gasteiger partial charge >= 0.3 is 0 Å². The minimum absolute atomic E-state index is 0.0216. The van der Waals surface area contributed by atoms with Crippen molar-refractivity contribution in [3.63, 3.8) is 0 Å². The molecule has 2 N–H and O–H groups in total. The molecular weight excluding hydrogens is 285 g/mol. The Bertz CT molecular complexity index is 418. The molecule has 1 atom stereocenters. The average molecular weight is 302 g/mol. The van der Waals surface area contributed by atoms with Crippen molar-refractivity contribution in [3.05, 3.63) is 34.1 Å². The van der Waals surface area contributed by atoms with Crippen LogP contribution in [0.5, 0.6) is 0 Å². The van der Waals surface area contributed by atoms with Crippen LogP contribution in [0.15, 0.2) is 22.7 Å². The highest BCUT2D eigenvalue weighted by atomic mass is 79.9. The molecule has 1 aromatic carbocycles. The summed E-state index contributed by atoms with van der Waals surface area (Å²) in [5.41, 5.74) is 5.92. The van der Waals surface area contributed by atoms with Crippen LogP contribution < -0.4 is 5.73 Å². The Morgan fingerprint density at radius 2 is 2.18 bits per heavy atom. The molecule has 0 bridgehead atoms. The molecule has 4 heteroatoms. The first-order chi connectivity index (χ1) is 7.86. The van der Waals surface area contributed by atoms with Crippen molar-refractivity contribution in [2.75, 3.05) is 0 Å². The third-order valence-corrected chi connectivity index (χ3v) is 3.51. The van der Waals surface area contributed by atoms with E-state index >= 15 is 0 Å². The van der Waals surface area contributed by atoms with Crippen molar-refractivity contribution in [2.45, 2.75) is 38.6 Å². The Balaban J connectivity index is 2.81. The molecule has 1 aromatic rings. The zero-order valence-corrected chi connectivity index (χ0v) is 11.7. The van der Waals surface area contributed by atoms with Crippen molar-refractivity contribution < 1.29 is 9.18 Å². The summed E-state index contributed by atoms with van der Waals surface area (Å²) in [5.74, 6) is -0.344. The van der Waals surface area contributed by atoms with Crippen LogP contribution in [0.1, 0.15) is 32.3 Å². The number of ketones is 1. The first kappa shape index (κ1) is 14.3. The van der Waals surface area contributed by atoms with Crippen LogP contribution in [-0.4, -0.2) is 11.3 Å². The highest BCUT2D eigenvalue weighted by Gasteiger charge is 2.27. The molecule has 0 amide bonds. The van der Waals surface area contributed by atoms with Gasteiger partial charge in [0.05, 0.1) is 5.54 Å². The van der Waals surface area contributed by atoms with Crippen LogP contribution in [0.2, 0.25) is 0 Å². The molecule has 1 rings (SSSR count). The van der Waals surface area contributed by atoms with Crippen molar-refractivity contribution in [2.24, 2.45) is 5.73 Å². The molecule has 0 aliphatic heterocycles. The molecular formula is C13H17BrFNO. The van der Waals surface area contributed by atoms with E-state index in [0.29, 0.717) is 10.9 Å². The standard InChI is InChI=1S/C13H17BrFNO/c1-3-6-13(2,16)12(17)7-9-4-5-10(15)8-11(9)14/h4-5,8H,3,6-7,16H2,1-2H3. The lowest BCUT2D eigenvalue weighted by atomic mass is 9.88. The topological polar surface area (TPSA) is 43.1 Å². The third-order valence-electron chi connectivity index (χ3n) is 2.77. The van der Waals surface area contributed by atoms with Crippen LogP contribution in [0.25, 0.3) is 0 Å². The van der Waals surface area contributed by atoms with Gasteiger partial charge in [-0.2, -0.15) is 0 Å². The van der Waals surface area contributed by atoms with Gasteiger partial charge in [-0.1, -0.05) is 35.3 Å². The van der Waals surface area contributed by atoms with Gasteiger partial charge in [0.1, 0.15) is 5.82 Å². The molecule has 0 aromatic heterocycles. The van der Waals surface area contributed by atoms with Crippen molar-refractivity contribution in [1.29, 1.82) is 0 Å². The number of benzene rings is 1. The van der Waals surface area contributed by atoms with Crippen molar-refractivity contribution >= 4 is 21.7 Å². The van der Waals surface area contributed by atoms with Crippen LogP contribution in [0.3, 0.4) is 0 Å². The molecule has 0 radical (unpaired) electrons. The summed E-state index contributed by atoms with van der Waals surface area (Å²) in [6.07, 6.45) is 1.75. The lowest BCUT2D eigenvalue weighted by Crippen LogP contribution is -2.45. The molecule has 0 spiro atoms. The van der Waals surface area contributed by atoms with E-state index in [-0.39, 0.29) is 18.0 Å². The monoisotopic (exact) mass is 301 g/mol. The summed E-state index contributed by atoms with van der Waals surface area (Å²) < 4.78 is 13.5. The van der Waals surface area contributed by atoms with Gasteiger partial charge in [0, 0.05) is 10.9 Å². The van der Waals surface area contributed by atoms with E-state index in [0.717, 1.165) is 12.0 Å². The van der Waals surface area contributed by atoms with Crippen LogP contribution >= 0.6 is 15.9 Å². The summed E-state index contributed by atoms with van der Waals surface area (Å²) in [6, 6.07) is 4.32. The SMILES string of the molecule is CCCC(C)(N)C(=O)Cc1ccc(F)cc1Br. The number of hydrogen-bond acceptors (Lipinski definition) is 2. The van der Waals surface area contributed by atoms with Crippen molar-refractivity contribution in [1.82, 2.24) is 0 Å². The summed E-state index contributed by atoms with van der Waals surface area (Å²) in [6.45, 7) is 3.74. The molecule has 0 aliphatic rings. The number of halogens is 2. The molecule has 2 nitrogen and oxygen atoms in total. The molecule has 0 heterocycles. The smallest absolute Gasteiger partial charge is 0.156 e. The first-order valence-corrected chi connectivity index (χ1v) is 6.42. The fourth-order valence-electron chi connectivity index (χ4n) is 1.70. The zero-order valence-electron chi connectivity index (χ0n) is 10.1. The lowest BCUT2D eigenvalue weighted by Gasteiger charge is -2.22. The van der Waals surface area contributed by atoms with Gasteiger partial charge in [-0.15, -0.1) is 0 Å². The van der Waals surface area contributed by atoms with E-state index < -0.39 is 5.54 Å². The van der Waals surface area contributed by atoms with Gasteiger partial charge in [0.25, 0.3) is 0 Å². The number of rotatable bonds is 5. The van der Waals surface area contributed by atoms with Gasteiger partial charge in [-0.25, -0.2) is 4.39 Å². The van der Waals surface area contributed by atoms with Gasteiger partial charge in [-0.05, 0) is 31.0 Å². The quantitative estimate of drug-likeness (QED) is 0.907. The first-order valence-electron chi connectivity index (χ1n) is 5.63. The van der Waals surface area contributed by atoms with Gasteiger partial charge in [0.15, 0.2) is 5.78 Å². The second kappa shape index (κ2) is 5.74. The van der Waals surface area contributed by atoms with E-state index in [1.807, 2.05) is 6.92 Å². The number of Topliss-reactive ketones (excluding diaryl/α,β-unsaturated/α-hetero) is 1. The summed E-state index contributed by atoms with van der Waals surface area (Å²) >= 11 is 3.25. The largest absolute Gasteiger partial charge is 0.319 e.